The van der Waals surface area contributed by atoms with E-state index < -0.39 is 12.1 Å². The minimum atomic E-state index is -0.887. The van der Waals surface area contributed by atoms with Crippen molar-refractivity contribution >= 4 is 18.0 Å². The van der Waals surface area contributed by atoms with Crippen LogP contribution in [0.15, 0.2) is 48.5 Å². The van der Waals surface area contributed by atoms with E-state index in [-0.39, 0.29) is 37.3 Å². The molecule has 0 radical (unpaired) electrons. The van der Waals surface area contributed by atoms with E-state index in [0.29, 0.717) is 19.4 Å². The molecule has 0 heterocycles. The quantitative estimate of drug-likeness (QED) is 0.413. The van der Waals surface area contributed by atoms with Crippen LogP contribution in [0.5, 0.6) is 0 Å². The maximum atomic E-state index is 12.6. The first-order chi connectivity index (χ1) is 16.0. The molecule has 2 aromatic rings. The number of alkyl carbamates (subject to hydrolysis) is 1. The van der Waals surface area contributed by atoms with Gasteiger partial charge in [0.1, 0.15) is 6.61 Å². The second-order valence-electron chi connectivity index (χ2n) is 8.36. The van der Waals surface area contributed by atoms with Gasteiger partial charge in [-0.2, -0.15) is 0 Å². The first-order valence-electron chi connectivity index (χ1n) is 11.6. The van der Waals surface area contributed by atoms with Crippen molar-refractivity contribution in [3.05, 3.63) is 59.7 Å². The van der Waals surface area contributed by atoms with E-state index in [9.17, 15) is 14.4 Å². The van der Waals surface area contributed by atoms with Crippen molar-refractivity contribution in [2.45, 2.75) is 57.4 Å². The molecule has 2 amide bonds. The number of hydrogen-bond acceptors (Lipinski definition) is 4. The van der Waals surface area contributed by atoms with Gasteiger partial charge >= 0.3 is 12.1 Å². The number of carboxylic acids is 1. The fourth-order valence-corrected chi connectivity index (χ4v) is 4.25. The summed E-state index contributed by atoms with van der Waals surface area (Å²) in [5.41, 5.74) is 4.63. The van der Waals surface area contributed by atoms with Gasteiger partial charge in [-0.3, -0.25) is 9.59 Å². The van der Waals surface area contributed by atoms with Crippen LogP contribution in [0.1, 0.15) is 62.5 Å². The van der Waals surface area contributed by atoms with Crippen molar-refractivity contribution in [3.63, 3.8) is 0 Å². The summed E-state index contributed by atoms with van der Waals surface area (Å²) < 4.78 is 5.61. The zero-order chi connectivity index (χ0) is 23.6. The number of rotatable bonds is 12. The lowest BCUT2D eigenvalue weighted by Crippen LogP contribution is -2.40. The minimum Gasteiger partial charge on any atom is -0.481 e. The molecule has 1 aliphatic rings. The van der Waals surface area contributed by atoms with Gasteiger partial charge in [0.25, 0.3) is 0 Å². The summed E-state index contributed by atoms with van der Waals surface area (Å²) in [4.78, 5) is 35.4. The third-order valence-electron chi connectivity index (χ3n) is 5.89. The van der Waals surface area contributed by atoms with Gasteiger partial charge in [-0.25, -0.2) is 4.79 Å². The number of benzene rings is 2. The molecule has 0 saturated carbocycles. The fourth-order valence-electron chi connectivity index (χ4n) is 4.25. The van der Waals surface area contributed by atoms with Gasteiger partial charge in [0.05, 0.1) is 0 Å². The first kappa shape index (κ1) is 24.3. The van der Waals surface area contributed by atoms with Gasteiger partial charge in [0.2, 0.25) is 5.91 Å². The van der Waals surface area contributed by atoms with Gasteiger partial charge in [-0.15, -0.1) is 0 Å². The molecule has 1 unspecified atom stereocenters. The molecule has 0 fully saturated rings. The lowest BCUT2D eigenvalue weighted by atomic mass is 9.98. The highest BCUT2D eigenvalue weighted by atomic mass is 16.5. The largest absolute Gasteiger partial charge is 0.481 e. The Morgan fingerprint density at radius 2 is 1.64 bits per heavy atom. The second-order valence-corrected chi connectivity index (χ2v) is 8.36. The van der Waals surface area contributed by atoms with Crippen LogP contribution in [0.3, 0.4) is 0 Å². The number of ether oxygens (including phenoxy) is 1. The van der Waals surface area contributed by atoms with E-state index in [1.165, 1.54) is 11.1 Å². The Balaban J connectivity index is 1.54. The summed E-state index contributed by atoms with van der Waals surface area (Å²) >= 11 is 0. The Hall–Kier alpha value is -3.35. The van der Waals surface area contributed by atoms with Gasteiger partial charge in [0, 0.05) is 31.3 Å². The molecule has 0 bridgehead atoms. The number of carbonyl (C=O) groups is 3. The third kappa shape index (κ3) is 6.81. The number of hydrogen-bond donors (Lipinski definition) is 3. The third-order valence-corrected chi connectivity index (χ3v) is 5.89. The summed E-state index contributed by atoms with van der Waals surface area (Å²) in [6, 6.07) is 16.0. The van der Waals surface area contributed by atoms with E-state index in [4.69, 9.17) is 9.84 Å². The molecule has 33 heavy (non-hydrogen) atoms. The van der Waals surface area contributed by atoms with Crippen LogP contribution in [0, 0.1) is 0 Å². The van der Waals surface area contributed by atoms with Gasteiger partial charge in [0.15, 0.2) is 0 Å². The van der Waals surface area contributed by atoms with Crippen LogP contribution in [0.25, 0.3) is 11.1 Å². The molecule has 0 aromatic heterocycles. The van der Waals surface area contributed by atoms with Gasteiger partial charge in [-0.05, 0) is 35.1 Å². The zero-order valence-electron chi connectivity index (χ0n) is 19.0. The van der Waals surface area contributed by atoms with E-state index >= 15 is 0 Å². The van der Waals surface area contributed by atoms with Crippen LogP contribution in [-0.2, 0) is 14.3 Å². The van der Waals surface area contributed by atoms with Crippen molar-refractivity contribution in [1.82, 2.24) is 10.6 Å². The standard InChI is InChI=1S/C26H32N2O5/c1-2-3-9-18(16-24(29)27-15-8-14-25(30)31)28-26(32)33-17-23-21-12-6-4-10-19(21)20-11-5-7-13-22(20)23/h4-7,10-13,18,23H,2-3,8-9,14-17H2,1H3,(H,27,29)(H,28,32)(H,30,31). The summed E-state index contributed by atoms with van der Waals surface area (Å²) in [6.07, 6.45) is 2.49. The Bertz CT molecular complexity index is 929. The van der Waals surface area contributed by atoms with E-state index in [1.54, 1.807) is 0 Å². The molecule has 0 aliphatic heterocycles. The van der Waals surface area contributed by atoms with Crippen molar-refractivity contribution in [1.29, 1.82) is 0 Å². The van der Waals surface area contributed by atoms with Crippen molar-refractivity contribution in [2.24, 2.45) is 0 Å². The van der Waals surface area contributed by atoms with E-state index in [0.717, 1.165) is 24.0 Å². The Morgan fingerprint density at radius 3 is 2.24 bits per heavy atom. The highest BCUT2D eigenvalue weighted by Crippen LogP contribution is 2.44. The molecular weight excluding hydrogens is 420 g/mol. The van der Waals surface area contributed by atoms with Crippen LogP contribution in [0.2, 0.25) is 0 Å². The Kier molecular flexibility index (Phi) is 8.87. The number of amides is 2. The smallest absolute Gasteiger partial charge is 0.407 e. The molecule has 7 heteroatoms. The predicted molar refractivity (Wildman–Crippen MR) is 126 cm³/mol. The van der Waals surface area contributed by atoms with Gasteiger partial charge in [-0.1, -0.05) is 68.3 Å². The summed E-state index contributed by atoms with van der Waals surface area (Å²) in [5, 5.41) is 14.3. The SMILES string of the molecule is CCCCC(CC(=O)NCCCC(=O)O)NC(=O)OCC1c2ccccc2-c2ccccc21. The maximum Gasteiger partial charge on any atom is 0.407 e. The van der Waals surface area contributed by atoms with E-state index in [1.807, 2.05) is 24.3 Å². The fraction of sp³-hybridized carbons (Fsp3) is 0.423. The maximum absolute atomic E-state index is 12.6. The first-order valence-corrected chi connectivity index (χ1v) is 11.6. The predicted octanol–water partition coefficient (Wildman–Crippen LogP) is 4.46. The highest BCUT2D eigenvalue weighted by molar-refractivity contribution is 5.79. The second kappa shape index (κ2) is 12.0. The number of fused-ring (bicyclic) bond motifs is 3. The molecular formula is C26H32N2O5. The summed E-state index contributed by atoms with van der Waals surface area (Å²) in [6.45, 7) is 2.58. The minimum absolute atomic E-state index is 0.0115. The van der Waals surface area contributed by atoms with Crippen LogP contribution in [0.4, 0.5) is 4.79 Å². The number of carboxylic acid groups (broad SMARTS) is 1. The normalized spacial score (nSPS) is 13.0. The average Bonchev–Trinajstić information content (AvgIpc) is 3.12. The van der Waals surface area contributed by atoms with Gasteiger partial charge < -0.3 is 20.5 Å². The van der Waals surface area contributed by atoms with Crippen LogP contribution in [-0.4, -0.2) is 42.3 Å². The molecule has 3 N–H and O–H groups in total. The molecule has 176 valence electrons. The lowest BCUT2D eigenvalue weighted by molar-refractivity contribution is -0.137. The molecule has 1 atom stereocenters. The summed E-state index contributed by atoms with van der Waals surface area (Å²) in [5.74, 6) is -1.11. The highest BCUT2D eigenvalue weighted by Gasteiger charge is 2.29. The number of aliphatic carboxylic acids is 1. The Labute approximate surface area is 194 Å². The van der Waals surface area contributed by atoms with Crippen LogP contribution < -0.4 is 10.6 Å². The molecule has 0 spiro atoms. The summed E-state index contributed by atoms with van der Waals surface area (Å²) in [7, 11) is 0. The monoisotopic (exact) mass is 452 g/mol. The average molecular weight is 453 g/mol. The van der Waals surface area contributed by atoms with Crippen molar-refractivity contribution in [3.8, 4) is 11.1 Å². The van der Waals surface area contributed by atoms with Crippen molar-refractivity contribution < 1.29 is 24.2 Å². The van der Waals surface area contributed by atoms with Crippen LogP contribution >= 0.6 is 0 Å². The lowest BCUT2D eigenvalue weighted by Gasteiger charge is -2.20. The zero-order valence-corrected chi connectivity index (χ0v) is 19.0. The Morgan fingerprint density at radius 1 is 1.00 bits per heavy atom. The number of carbonyl (C=O) groups excluding carboxylic acids is 2. The number of unbranched alkanes of at least 4 members (excludes halogenated alkanes) is 1. The van der Waals surface area contributed by atoms with Crippen molar-refractivity contribution in [2.75, 3.05) is 13.2 Å². The molecule has 7 nitrogen and oxygen atoms in total. The molecule has 0 saturated heterocycles. The molecule has 1 aliphatic carbocycles. The molecule has 3 rings (SSSR count). The number of nitrogens with one attached hydrogen (secondary N) is 2. The topological polar surface area (TPSA) is 105 Å². The molecule has 2 aromatic carbocycles. The van der Waals surface area contributed by atoms with E-state index in [2.05, 4.69) is 41.8 Å².